The number of aliphatic hydroxyl groups excluding tert-OH is 1. The topological polar surface area (TPSA) is 134 Å². The first-order valence-corrected chi connectivity index (χ1v) is 10.9. The molecule has 0 saturated carbocycles. The molecule has 0 saturated heterocycles. The molecule has 2 amide bonds. The lowest BCUT2D eigenvalue weighted by atomic mass is 9.96. The number of amides is 2. The zero-order valence-electron chi connectivity index (χ0n) is 18.6. The minimum Gasteiger partial charge on any atom is -0.391 e. The van der Waals surface area contributed by atoms with Gasteiger partial charge in [-0.25, -0.2) is 0 Å². The van der Waals surface area contributed by atoms with Crippen LogP contribution in [-0.2, 0) is 14.4 Å². The molecule has 8 heteroatoms. The van der Waals surface area contributed by atoms with Crippen molar-refractivity contribution >= 4 is 17.6 Å². The normalized spacial score (nSPS) is 15.2. The van der Waals surface area contributed by atoms with Crippen LogP contribution in [0.25, 0.3) is 0 Å². The molecule has 6 N–H and O–H groups in total. The van der Waals surface area contributed by atoms with E-state index < -0.39 is 24.1 Å². The van der Waals surface area contributed by atoms with Gasteiger partial charge in [0.05, 0.1) is 12.1 Å². The Kier molecular flexibility index (Phi) is 15.5. The highest BCUT2D eigenvalue weighted by atomic mass is 16.3. The Hall–Kier alpha value is -1.51. The predicted octanol–water partition coefficient (Wildman–Crippen LogP) is 0.861. The first kappa shape index (κ1) is 27.5. The van der Waals surface area contributed by atoms with Crippen LogP contribution in [0.1, 0.15) is 72.1 Å². The van der Waals surface area contributed by atoms with Gasteiger partial charge in [-0.1, -0.05) is 45.4 Å². The molecule has 4 atom stereocenters. The zero-order valence-corrected chi connectivity index (χ0v) is 18.6. The van der Waals surface area contributed by atoms with Gasteiger partial charge in [-0.05, 0) is 39.8 Å². The van der Waals surface area contributed by atoms with E-state index in [1.807, 2.05) is 0 Å². The van der Waals surface area contributed by atoms with E-state index in [0.717, 1.165) is 19.3 Å². The summed E-state index contributed by atoms with van der Waals surface area (Å²) in [5.74, 6) is -1.05. The van der Waals surface area contributed by atoms with Gasteiger partial charge >= 0.3 is 0 Å². The van der Waals surface area contributed by atoms with Gasteiger partial charge in [0.2, 0.25) is 11.8 Å². The van der Waals surface area contributed by atoms with E-state index in [2.05, 4.69) is 22.9 Å². The Bertz CT molecular complexity index is 485. The summed E-state index contributed by atoms with van der Waals surface area (Å²) in [6.07, 6.45) is 7.07. The average molecular weight is 415 g/mol. The Labute approximate surface area is 175 Å². The molecule has 0 aliphatic heterocycles. The summed E-state index contributed by atoms with van der Waals surface area (Å²) in [6, 6.07) is -1.83. The Balaban J connectivity index is 4.59. The molecule has 0 aromatic rings. The van der Waals surface area contributed by atoms with Crippen molar-refractivity contribution in [1.29, 1.82) is 0 Å². The first-order valence-electron chi connectivity index (χ1n) is 10.9. The number of hydrogen-bond acceptors (Lipinski definition) is 6. The average Bonchev–Trinajstić information content (AvgIpc) is 2.66. The van der Waals surface area contributed by atoms with E-state index in [1.54, 1.807) is 7.05 Å². The highest BCUT2D eigenvalue weighted by molar-refractivity contribution is 5.92. The molecule has 0 aliphatic carbocycles. The largest absolute Gasteiger partial charge is 0.391 e. The van der Waals surface area contributed by atoms with E-state index in [9.17, 15) is 19.5 Å². The summed E-state index contributed by atoms with van der Waals surface area (Å²) < 4.78 is 0. The number of likely N-dealkylation sites (N-methyl/N-ethyl adjacent to an activating group) is 1. The van der Waals surface area contributed by atoms with Crippen LogP contribution in [0.3, 0.4) is 0 Å². The van der Waals surface area contributed by atoms with E-state index in [1.165, 1.54) is 39.5 Å². The van der Waals surface area contributed by atoms with Crippen LogP contribution in [0.4, 0.5) is 0 Å². The standard InChI is InChI=1S/C21H42N4O4/c1-5-6-7-8-9-10-11-17(13-22)12-19(28)25-20(16(3)27)21(29)24-18(14-23-4)15(2)26/h16-18,20,23,27H,5-14,22H2,1-4H3,(H,24,29)(H,25,28)/t16-,17?,18-,20-/m0/s1. The lowest BCUT2D eigenvalue weighted by Crippen LogP contribution is -2.57. The van der Waals surface area contributed by atoms with Gasteiger partial charge in [-0.2, -0.15) is 0 Å². The second-order valence-corrected chi connectivity index (χ2v) is 7.88. The maximum atomic E-state index is 12.5. The van der Waals surface area contributed by atoms with E-state index in [4.69, 9.17) is 5.73 Å². The van der Waals surface area contributed by atoms with Crippen LogP contribution >= 0.6 is 0 Å². The van der Waals surface area contributed by atoms with Crippen molar-refractivity contribution in [3.05, 3.63) is 0 Å². The number of aliphatic hydroxyl groups is 1. The number of carbonyl (C=O) groups excluding carboxylic acids is 3. The monoisotopic (exact) mass is 414 g/mol. The summed E-state index contributed by atoms with van der Waals surface area (Å²) in [4.78, 5) is 36.5. The molecule has 0 aromatic carbocycles. The number of ketones is 1. The SMILES string of the molecule is CCCCCCCCC(CN)CC(=O)N[C@H](C(=O)N[C@@H](CNC)C(C)=O)[C@H](C)O. The number of carbonyl (C=O) groups is 3. The molecule has 0 rings (SSSR count). The van der Waals surface area contributed by atoms with Crippen molar-refractivity contribution in [2.45, 2.75) is 90.3 Å². The highest BCUT2D eigenvalue weighted by Gasteiger charge is 2.29. The molecule has 0 aliphatic rings. The fourth-order valence-corrected chi connectivity index (χ4v) is 3.18. The summed E-state index contributed by atoms with van der Waals surface area (Å²) in [5.41, 5.74) is 5.81. The van der Waals surface area contributed by atoms with Gasteiger partial charge in [-0.15, -0.1) is 0 Å². The van der Waals surface area contributed by atoms with Crippen molar-refractivity contribution in [3.8, 4) is 0 Å². The number of nitrogens with one attached hydrogen (secondary N) is 3. The lowest BCUT2D eigenvalue weighted by Gasteiger charge is -2.24. The molecule has 1 unspecified atom stereocenters. The molecule has 0 aromatic heterocycles. The van der Waals surface area contributed by atoms with Crippen LogP contribution in [0.5, 0.6) is 0 Å². The van der Waals surface area contributed by atoms with Gasteiger partial charge in [0, 0.05) is 13.0 Å². The van der Waals surface area contributed by atoms with Crippen LogP contribution in [-0.4, -0.2) is 61.0 Å². The maximum absolute atomic E-state index is 12.5. The quantitative estimate of drug-likeness (QED) is 0.224. The smallest absolute Gasteiger partial charge is 0.245 e. The number of unbranched alkanes of at least 4 members (excludes halogenated alkanes) is 5. The minimum absolute atomic E-state index is 0.0492. The van der Waals surface area contributed by atoms with Gasteiger partial charge in [0.1, 0.15) is 6.04 Å². The molecule has 0 heterocycles. The number of hydrogen-bond donors (Lipinski definition) is 5. The molecular formula is C21H42N4O4. The first-order chi connectivity index (χ1) is 13.8. The molecule has 0 bridgehead atoms. The second-order valence-electron chi connectivity index (χ2n) is 7.88. The molecule has 8 nitrogen and oxygen atoms in total. The van der Waals surface area contributed by atoms with Crippen molar-refractivity contribution in [2.75, 3.05) is 20.1 Å². The third-order valence-electron chi connectivity index (χ3n) is 5.07. The van der Waals surface area contributed by atoms with Gasteiger partial charge in [-0.3, -0.25) is 14.4 Å². The molecule has 29 heavy (non-hydrogen) atoms. The summed E-state index contributed by atoms with van der Waals surface area (Å²) in [7, 11) is 1.67. The van der Waals surface area contributed by atoms with Crippen LogP contribution in [0.15, 0.2) is 0 Å². The van der Waals surface area contributed by atoms with Crippen molar-refractivity contribution < 1.29 is 19.5 Å². The van der Waals surface area contributed by atoms with Gasteiger partial charge < -0.3 is 26.8 Å². The Morgan fingerprint density at radius 3 is 2.17 bits per heavy atom. The minimum atomic E-state index is -1.12. The van der Waals surface area contributed by atoms with E-state index in [0.29, 0.717) is 6.54 Å². The molecule has 0 fully saturated rings. The third kappa shape index (κ3) is 12.6. The second kappa shape index (κ2) is 16.3. The fourth-order valence-electron chi connectivity index (χ4n) is 3.18. The zero-order chi connectivity index (χ0) is 22.2. The van der Waals surface area contributed by atoms with Crippen molar-refractivity contribution in [3.63, 3.8) is 0 Å². The summed E-state index contributed by atoms with van der Waals surface area (Å²) >= 11 is 0. The third-order valence-corrected chi connectivity index (χ3v) is 5.07. The Morgan fingerprint density at radius 2 is 1.66 bits per heavy atom. The summed E-state index contributed by atoms with van der Waals surface area (Å²) in [6.45, 7) is 5.68. The van der Waals surface area contributed by atoms with E-state index >= 15 is 0 Å². The lowest BCUT2D eigenvalue weighted by molar-refractivity contribution is -0.133. The maximum Gasteiger partial charge on any atom is 0.245 e. The van der Waals surface area contributed by atoms with Crippen molar-refractivity contribution in [1.82, 2.24) is 16.0 Å². The van der Waals surface area contributed by atoms with Crippen LogP contribution in [0.2, 0.25) is 0 Å². The number of rotatable bonds is 17. The molecule has 0 radical (unpaired) electrons. The van der Waals surface area contributed by atoms with Crippen molar-refractivity contribution in [2.24, 2.45) is 11.7 Å². The Morgan fingerprint density at radius 1 is 1.03 bits per heavy atom. The molecule has 170 valence electrons. The van der Waals surface area contributed by atoms with Crippen LogP contribution in [0, 0.1) is 5.92 Å². The van der Waals surface area contributed by atoms with Gasteiger partial charge in [0.15, 0.2) is 5.78 Å². The number of Topliss-reactive ketones (excluding diaryl/α,β-unsaturated/α-hetero) is 1. The molecular weight excluding hydrogens is 372 g/mol. The molecule has 0 spiro atoms. The highest BCUT2D eigenvalue weighted by Crippen LogP contribution is 2.14. The van der Waals surface area contributed by atoms with E-state index in [-0.39, 0.29) is 30.6 Å². The van der Waals surface area contributed by atoms with Crippen LogP contribution < -0.4 is 21.7 Å². The number of nitrogens with two attached hydrogens (primary N) is 1. The summed E-state index contributed by atoms with van der Waals surface area (Å²) in [5, 5.41) is 18.0. The fraction of sp³-hybridized carbons (Fsp3) is 0.857. The predicted molar refractivity (Wildman–Crippen MR) is 115 cm³/mol. The van der Waals surface area contributed by atoms with Gasteiger partial charge in [0.25, 0.3) is 0 Å².